The number of hydrogen-bond acceptors (Lipinski definition) is 3. The number of rotatable bonds is 6. The molecule has 90 valence electrons. The summed E-state index contributed by atoms with van der Waals surface area (Å²) in [6, 6.07) is 0.137. The smallest absolute Gasteiger partial charge is 0.224 e. The molecule has 1 unspecified atom stereocenters. The third kappa shape index (κ3) is 4.16. The Labute approximate surface area is 97.0 Å². The second-order valence-electron chi connectivity index (χ2n) is 3.81. The van der Waals surface area contributed by atoms with Gasteiger partial charge in [-0.1, -0.05) is 12.2 Å². The molecule has 0 aromatic rings. The molecule has 0 aliphatic carbocycles. The van der Waals surface area contributed by atoms with E-state index in [1.54, 1.807) is 17.1 Å². The van der Waals surface area contributed by atoms with Crippen LogP contribution in [0.5, 0.6) is 0 Å². The van der Waals surface area contributed by atoms with Crippen molar-refractivity contribution in [2.75, 3.05) is 32.8 Å². The Bertz CT molecular complexity index is 237. The number of carbonyl (C=O) groups excluding carboxylic acids is 1. The van der Waals surface area contributed by atoms with Crippen LogP contribution in [0.25, 0.3) is 0 Å². The van der Waals surface area contributed by atoms with E-state index in [9.17, 15) is 4.79 Å². The predicted molar refractivity (Wildman–Crippen MR) is 64.2 cm³/mol. The van der Waals surface area contributed by atoms with Crippen LogP contribution in [0.4, 0.5) is 0 Å². The van der Waals surface area contributed by atoms with E-state index in [1.165, 1.54) is 0 Å². The molecule has 4 nitrogen and oxygen atoms in total. The molecule has 16 heavy (non-hydrogen) atoms. The SMILES string of the molecule is C=CCN(CC=C)C(=O)CC1COCCN1. The second-order valence-corrected chi connectivity index (χ2v) is 3.81. The summed E-state index contributed by atoms with van der Waals surface area (Å²) < 4.78 is 5.31. The highest BCUT2D eigenvalue weighted by molar-refractivity contribution is 5.77. The van der Waals surface area contributed by atoms with Crippen LogP contribution >= 0.6 is 0 Å². The molecule has 1 N–H and O–H groups in total. The summed E-state index contributed by atoms with van der Waals surface area (Å²) in [7, 11) is 0. The standard InChI is InChI=1S/C12H20N2O2/c1-3-6-14(7-4-2)12(15)9-11-10-16-8-5-13-11/h3-4,11,13H,1-2,5-10H2. The lowest BCUT2D eigenvalue weighted by atomic mass is 10.2. The molecule has 1 fully saturated rings. The maximum Gasteiger partial charge on any atom is 0.224 e. The first-order valence-electron chi connectivity index (χ1n) is 5.58. The van der Waals surface area contributed by atoms with Gasteiger partial charge in [0.25, 0.3) is 0 Å². The van der Waals surface area contributed by atoms with Gasteiger partial charge < -0.3 is 15.0 Å². The third-order valence-electron chi connectivity index (χ3n) is 2.47. The van der Waals surface area contributed by atoms with Gasteiger partial charge in [-0.05, 0) is 0 Å². The topological polar surface area (TPSA) is 41.6 Å². The summed E-state index contributed by atoms with van der Waals surface area (Å²) in [5.41, 5.74) is 0. The van der Waals surface area contributed by atoms with Gasteiger partial charge in [-0.25, -0.2) is 0 Å². The fourth-order valence-electron chi connectivity index (χ4n) is 1.68. The van der Waals surface area contributed by atoms with Gasteiger partial charge in [0.1, 0.15) is 0 Å². The Hall–Kier alpha value is -1.13. The van der Waals surface area contributed by atoms with Crippen molar-refractivity contribution in [1.29, 1.82) is 0 Å². The number of ether oxygens (including phenoxy) is 1. The Morgan fingerprint density at radius 1 is 1.44 bits per heavy atom. The van der Waals surface area contributed by atoms with Gasteiger partial charge in [0.15, 0.2) is 0 Å². The monoisotopic (exact) mass is 224 g/mol. The summed E-state index contributed by atoms with van der Waals surface area (Å²) in [5, 5.41) is 3.26. The van der Waals surface area contributed by atoms with Crippen molar-refractivity contribution in [3.8, 4) is 0 Å². The van der Waals surface area contributed by atoms with E-state index in [0.717, 1.165) is 13.2 Å². The number of amides is 1. The minimum atomic E-state index is 0.114. The molecule has 0 aromatic carbocycles. The normalized spacial score (nSPS) is 20.1. The van der Waals surface area contributed by atoms with E-state index < -0.39 is 0 Å². The maximum atomic E-state index is 11.9. The average molecular weight is 224 g/mol. The lowest BCUT2D eigenvalue weighted by molar-refractivity contribution is -0.131. The zero-order valence-electron chi connectivity index (χ0n) is 9.65. The summed E-state index contributed by atoms with van der Waals surface area (Å²) in [6.45, 7) is 10.6. The summed E-state index contributed by atoms with van der Waals surface area (Å²) in [4.78, 5) is 13.7. The quantitative estimate of drug-likeness (QED) is 0.671. The molecular weight excluding hydrogens is 204 g/mol. The number of nitrogens with one attached hydrogen (secondary N) is 1. The largest absolute Gasteiger partial charge is 0.378 e. The number of nitrogens with zero attached hydrogens (tertiary/aromatic N) is 1. The molecule has 0 saturated carbocycles. The highest BCUT2D eigenvalue weighted by Gasteiger charge is 2.19. The van der Waals surface area contributed by atoms with Gasteiger partial charge in [-0.2, -0.15) is 0 Å². The van der Waals surface area contributed by atoms with Gasteiger partial charge in [0.2, 0.25) is 5.91 Å². The molecular formula is C12H20N2O2. The van der Waals surface area contributed by atoms with Crippen molar-refractivity contribution in [3.63, 3.8) is 0 Å². The maximum absolute atomic E-state index is 11.9. The molecule has 0 aromatic heterocycles. The molecule has 0 radical (unpaired) electrons. The molecule has 1 atom stereocenters. The number of hydrogen-bond donors (Lipinski definition) is 1. The van der Waals surface area contributed by atoms with Crippen molar-refractivity contribution in [3.05, 3.63) is 25.3 Å². The fraction of sp³-hybridized carbons (Fsp3) is 0.583. The fourth-order valence-corrected chi connectivity index (χ4v) is 1.68. The Morgan fingerprint density at radius 2 is 2.12 bits per heavy atom. The van der Waals surface area contributed by atoms with Gasteiger partial charge >= 0.3 is 0 Å². The molecule has 1 aliphatic rings. The van der Waals surface area contributed by atoms with Gasteiger partial charge in [0, 0.05) is 32.1 Å². The van der Waals surface area contributed by atoms with E-state index in [2.05, 4.69) is 18.5 Å². The number of morpholine rings is 1. The molecule has 0 spiro atoms. The Morgan fingerprint density at radius 3 is 2.62 bits per heavy atom. The average Bonchev–Trinajstić information content (AvgIpc) is 2.30. The van der Waals surface area contributed by atoms with Gasteiger partial charge in [0.05, 0.1) is 13.2 Å². The summed E-state index contributed by atoms with van der Waals surface area (Å²) in [5.74, 6) is 0.114. The highest BCUT2D eigenvalue weighted by Crippen LogP contribution is 2.03. The van der Waals surface area contributed by atoms with Crippen LogP contribution in [0.15, 0.2) is 25.3 Å². The molecule has 0 bridgehead atoms. The van der Waals surface area contributed by atoms with Crippen LogP contribution in [0, 0.1) is 0 Å². The zero-order valence-corrected chi connectivity index (χ0v) is 9.65. The van der Waals surface area contributed by atoms with Crippen LogP contribution in [0.2, 0.25) is 0 Å². The first-order valence-corrected chi connectivity index (χ1v) is 5.58. The lowest BCUT2D eigenvalue weighted by Crippen LogP contribution is -2.45. The van der Waals surface area contributed by atoms with Crippen molar-refractivity contribution in [2.45, 2.75) is 12.5 Å². The van der Waals surface area contributed by atoms with Crippen molar-refractivity contribution >= 4 is 5.91 Å². The Kier molecular flexibility index (Phi) is 5.82. The first-order chi connectivity index (χ1) is 7.77. The second kappa shape index (κ2) is 7.19. The van der Waals surface area contributed by atoms with E-state index in [-0.39, 0.29) is 11.9 Å². The summed E-state index contributed by atoms with van der Waals surface area (Å²) >= 11 is 0. The van der Waals surface area contributed by atoms with Gasteiger partial charge in [-0.3, -0.25) is 4.79 Å². The summed E-state index contributed by atoms with van der Waals surface area (Å²) in [6.07, 6.45) is 3.93. The minimum Gasteiger partial charge on any atom is -0.378 e. The molecule has 1 amide bonds. The minimum absolute atomic E-state index is 0.114. The van der Waals surface area contributed by atoms with Crippen LogP contribution in [0.3, 0.4) is 0 Å². The molecule has 1 aliphatic heterocycles. The molecule has 1 saturated heterocycles. The van der Waals surface area contributed by atoms with Crippen LogP contribution in [0.1, 0.15) is 6.42 Å². The van der Waals surface area contributed by atoms with Crippen LogP contribution in [-0.4, -0.2) is 49.7 Å². The molecule has 1 rings (SSSR count). The first kappa shape index (κ1) is 12.9. The van der Waals surface area contributed by atoms with E-state index in [1.807, 2.05) is 0 Å². The van der Waals surface area contributed by atoms with Crippen molar-refractivity contribution in [1.82, 2.24) is 10.2 Å². The van der Waals surface area contributed by atoms with Crippen molar-refractivity contribution < 1.29 is 9.53 Å². The van der Waals surface area contributed by atoms with E-state index in [0.29, 0.717) is 26.1 Å². The van der Waals surface area contributed by atoms with Crippen molar-refractivity contribution in [2.24, 2.45) is 0 Å². The van der Waals surface area contributed by atoms with E-state index >= 15 is 0 Å². The molecule has 1 heterocycles. The van der Waals surface area contributed by atoms with E-state index in [4.69, 9.17) is 4.74 Å². The highest BCUT2D eigenvalue weighted by atomic mass is 16.5. The number of carbonyl (C=O) groups is 1. The van der Waals surface area contributed by atoms with Crippen LogP contribution < -0.4 is 5.32 Å². The molecule has 4 heteroatoms. The van der Waals surface area contributed by atoms with Gasteiger partial charge in [-0.15, -0.1) is 13.2 Å². The lowest BCUT2D eigenvalue weighted by Gasteiger charge is -2.26. The Balaban J connectivity index is 2.39. The van der Waals surface area contributed by atoms with Crippen LogP contribution in [-0.2, 0) is 9.53 Å². The zero-order chi connectivity index (χ0) is 11.8. The third-order valence-corrected chi connectivity index (χ3v) is 2.47. The predicted octanol–water partition coefficient (Wildman–Crippen LogP) is 0.565.